The van der Waals surface area contributed by atoms with E-state index in [9.17, 15) is 9.90 Å². The van der Waals surface area contributed by atoms with Gasteiger partial charge in [-0.2, -0.15) is 0 Å². The first kappa shape index (κ1) is 14.3. The highest BCUT2D eigenvalue weighted by molar-refractivity contribution is 5.83. The van der Waals surface area contributed by atoms with Gasteiger partial charge in [-0.1, -0.05) is 6.07 Å². The van der Waals surface area contributed by atoms with Crippen molar-refractivity contribution in [2.75, 3.05) is 7.11 Å². The van der Waals surface area contributed by atoms with Crippen LogP contribution >= 0.6 is 0 Å². The molecule has 3 aliphatic rings. The zero-order chi connectivity index (χ0) is 15.3. The number of aliphatic hydroxyl groups excluding tert-OH is 1. The smallest absolute Gasteiger partial charge is 0.136 e. The molecule has 2 fully saturated rings. The van der Waals surface area contributed by atoms with Gasteiger partial charge < -0.3 is 9.84 Å². The molecule has 1 aromatic carbocycles. The Morgan fingerprint density at radius 3 is 2.77 bits per heavy atom. The van der Waals surface area contributed by atoms with E-state index in [1.807, 2.05) is 6.07 Å². The first-order valence-electron chi connectivity index (χ1n) is 8.56. The van der Waals surface area contributed by atoms with Crippen LogP contribution in [0, 0.1) is 17.8 Å². The van der Waals surface area contributed by atoms with Crippen LogP contribution < -0.4 is 4.74 Å². The summed E-state index contributed by atoms with van der Waals surface area (Å²) in [5, 5.41) is 10.3. The van der Waals surface area contributed by atoms with Crippen LogP contribution in [0.5, 0.6) is 5.75 Å². The van der Waals surface area contributed by atoms with E-state index in [1.54, 1.807) is 7.11 Å². The van der Waals surface area contributed by atoms with Crippen molar-refractivity contribution in [1.82, 2.24) is 0 Å². The number of aryl methyl sites for hydroxylation is 1. The highest BCUT2D eigenvalue weighted by Gasteiger charge is 2.49. The maximum absolute atomic E-state index is 12.5. The molecular formula is C19H24O3. The number of benzene rings is 1. The average molecular weight is 300 g/mol. The summed E-state index contributed by atoms with van der Waals surface area (Å²) in [5.74, 6) is 2.56. The molecule has 0 radical (unpaired) electrons. The molecule has 5 atom stereocenters. The number of Topliss-reactive ketones (excluding diaryl/α,β-unsaturated/α-hetero) is 1. The molecule has 0 bridgehead atoms. The van der Waals surface area contributed by atoms with Gasteiger partial charge in [0.1, 0.15) is 11.5 Å². The molecule has 3 aliphatic carbocycles. The molecule has 0 aliphatic heterocycles. The van der Waals surface area contributed by atoms with Crippen LogP contribution in [0.15, 0.2) is 18.2 Å². The molecule has 1 N–H and O–H groups in total. The van der Waals surface area contributed by atoms with Crippen molar-refractivity contribution < 1.29 is 14.6 Å². The first-order valence-corrected chi connectivity index (χ1v) is 8.56. The third-order valence-corrected chi connectivity index (χ3v) is 6.30. The van der Waals surface area contributed by atoms with Gasteiger partial charge in [-0.05, 0) is 73.1 Å². The van der Waals surface area contributed by atoms with Gasteiger partial charge in [-0.3, -0.25) is 4.79 Å². The van der Waals surface area contributed by atoms with Crippen molar-refractivity contribution in [3.8, 4) is 5.75 Å². The summed E-state index contributed by atoms with van der Waals surface area (Å²) in [6.07, 6.45) is 5.18. The number of ether oxygens (including phenoxy) is 1. The second-order valence-electron chi connectivity index (χ2n) is 7.21. The Hall–Kier alpha value is -1.35. The summed E-state index contributed by atoms with van der Waals surface area (Å²) >= 11 is 0. The Morgan fingerprint density at radius 2 is 1.95 bits per heavy atom. The lowest BCUT2D eigenvalue weighted by atomic mass is 9.56. The minimum atomic E-state index is -0.263. The van der Waals surface area contributed by atoms with Crippen LogP contribution in [0.1, 0.15) is 49.1 Å². The summed E-state index contributed by atoms with van der Waals surface area (Å²) < 4.78 is 5.35. The van der Waals surface area contributed by atoms with Crippen molar-refractivity contribution >= 4 is 5.78 Å². The Bertz CT molecular complexity index is 594. The van der Waals surface area contributed by atoms with Crippen LogP contribution in [0.4, 0.5) is 0 Å². The highest BCUT2D eigenvalue weighted by atomic mass is 16.5. The van der Waals surface area contributed by atoms with E-state index in [2.05, 4.69) is 12.1 Å². The van der Waals surface area contributed by atoms with Crippen molar-refractivity contribution in [2.45, 2.75) is 50.5 Å². The summed E-state index contributed by atoms with van der Waals surface area (Å²) in [7, 11) is 1.71. The highest BCUT2D eigenvalue weighted by Crippen LogP contribution is 2.53. The molecule has 5 unspecified atom stereocenters. The molecule has 0 spiro atoms. The number of hydrogen-bond acceptors (Lipinski definition) is 3. The minimum Gasteiger partial charge on any atom is -0.497 e. The predicted molar refractivity (Wildman–Crippen MR) is 84.0 cm³/mol. The lowest BCUT2D eigenvalue weighted by molar-refractivity contribution is -0.137. The third kappa shape index (κ3) is 2.10. The molecule has 1 aromatic rings. The Morgan fingerprint density at radius 1 is 1.09 bits per heavy atom. The molecule has 3 nitrogen and oxygen atoms in total. The van der Waals surface area contributed by atoms with Crippen LogP contribution in [0.2, 0.25) is 0 Å². The van der Waals surface area contributed by atoms with Crippen LogP contribution in [0.3, 0.4) is 0 Å². The topological polar surface area (TPSA) is 46.5 Å². The first-order chi connectivity index (χ1) is 10.7. The zero-order valence-electron chi connectivity index (χ0n) is 13.1. The van der Waals surface area contributed by atoms with Crippen molar-refractivity contribution in [3.63, 3.8) is 0 Å². The number of ketones is 1. The van der Waals surface area contributed by atoms with Crippen LogP contribution in [-0.4, -0.2) is 24.1 Å². The molecule has 22 heavy (non-hydrogen) atoms. The monoisotopic (exact) mass is 300 g/mol. The SMILES string of the molecule is COc1ccc2c(c1)CCC1C2CCC2C(O)CCC(=O)C21. The zero-order valence-corrected chi connectivity index (χ0v) is 13.1. The van der Waals surface area contributed by atoms with Crippen molar-refractivity contribution in [3.05, 3.63) is 29.3 Å². The molecule has 0 heterocycles. The normalized spacial score (nSPS) is 37.0. The van der Waals surface area contributed by atoms with Crippen LogP contribution in [-0.2, 0) is 11.2 Å². The van der Waals surface area contributed by atoms with E-state index in [4.69, 9.17) is 4.74 Å². The molecular weight excluding hydrogens is 276 g/mol. The largest absolute Gasteiger partial charge is 0.497 e. The molecule has 0 saturated heterocycles. The Labute approximate surface area is 131 Å². The van der Waals surface area contributed by atoms with E-state index in [1.165, 1.54) is 11.1 Å². The minimum absolute atomic E-state index is 0.0951. The number of carbonyl (C=O) groups excluding carboxylic acids is 1. The Balaban J connectivity index is 1.68. The predicted octanol–water partition coefficient (Wildman–Crippen LogP) is 3.09. The fraction of sp³-hybridized carbons (Fsp3) is 0.632. The second kappa shape index (κ2) is 5.38. The van der Waals surface area contributed by atoms with E-state index < -0.39 is 0 Å². The third-order valence-electron chi connectivity index (χ3n) is 6.30. The molecule has 118 valence electrons. The number of rotatable bonds is 1. The van der Waals surface area contributed by atoms with Gasteiger partial charge in [-0.25, -0.2) is 0 Å². The maximum Gasteiger partial charge on any atom is 0.136 e. The van der Waals surface area contributed by atoms with Gasteiger partial charge in [0.15, 0.2) is 0 Å². The van der Waals surface area contributed by atoms with Gasteiger partial charge in [-0.15, -0.1) is 0 Å². The molecule has 2 saturated carbocycles. The molecule has 3 heteroatoms. The van der Waals surface area contributed by atoms with E-state index in [-0.39, 0.29) is 17.9 Å². The van der Waals surface area contributed by atoms with Gasteiger partial charge in [0, 0.05) is 12.3 Å². The van der Waals surface area contributed by atoms with Crippen LogP contribution in [0.25, 0.3) is 0 Å². The number of carbonyl (C=O) groups is 1. The lowest BCUT2D eigenvalue weighted by Crippen LogP contribution is -2.48. The lowest BCUT2D eigenvalue weighted by Gasteiger charge is -2.49. The quantitative estimate of drug-likeness (QED) is 0.867. The van der Waals surface area contributed by atoms with Gasteiger partial charge >= 0.3 is 0 Å². The second-order valence-corrected chi connectivity index (χ2v) is 7.21. The number of methoxy groups -OCH3 is 1. The summed E-state index contributed by atoms with van der Waals surface area (Å²) in [4.78, 5) is 12.5. The molecule has 0 amide bonds. The summed E-state index contributed by atoms with van der Waals surface area (Å²) in [6.45, 7) is 0. The average Bonchev–Trinajstić information content (AvgIpc) is 2.56. The standard InChI is InChI=1S/C19H24O3/c1-22-12-3-5-13-11(10-12)2-4-15-14(13)6-7-16-17(20)8-9-18(21)19(15)16/h3,5,10,14-17,19-20H,2,4,6-9H2,1H3. The fourth-order valence-electron chi connectivity index (χ4n) is 5.29. The number of aliphatic hydroxyl groups is 1. The van der Waals surface area contributed by atoms with Crippen molar-refractivity contribution in [1.29, 1.82) is 0 Å². The van der Waals surface area contributed by atoms with E-state index in [0.29, 0.717) is 30.5 Å². The summed E-state index contributed by atoms with van der Waals surface area (Å²) in [5.41, 5.74) is 2.81. The molecule has 4 rings (SSSR count). The maximum atomic E-state index is 12.5. The van der Waals surface area contributed by atoms with Gasteiger partial charge in [0.2, 0.25) is 0 Å². The Kier molecular flexibility index (Phi) is 3.48. The fourth-order valence-corrected chi connectivity index (χ4v) is 5.29. The van der Waals surface area contributed by atoms with Crippen molar-refractivity contribution in [2.24, 2.45) is 17.8 Å². The summed E-state index contributed by atoms with van der Waals surface area (Å²) in [6, 6.07) is 6.41. The molecule has 0 aromatic heterocycles. The number of hydrogen-bond donors (Lipinski definition) is 1. The van der Waals surface area contributed by atoms with E-state index >= 15 is 0 Å². The number of fused-ring (bicyclic) bond motifs is 5. The van der Waals surface area contributed by atoms with Gasteiger partial charge in [0.25, 0.3) is 0 Å². The van der Waals surface area contributed by atoms with Gasteiger partial charge in [0.05, 0.1) is 13.2 Å². The van der Waals surface area contributed by atoms with E-state index in [0.717, 1.165) is 31.4 Å².